The minimum Gasteiger partial charge on any atom is -0.379 e. The van der Waals surface area contributed by atoms with Gasteiger partial charge in [0.2, 0.25) is 0 Å². The lowest BCUT2D eigenvalue weighted by molar-refractivity contribution is 0.0375. The van der Waals surface area contributed by atoms with E-state index in [4.69, 9.17) is 4.74 Å². The molecule has 0 bridgehead atoms. The van der Waals surface area contributed by atoms with Gasteiger partial charge < -0.3 is 26.0 Å². The molecule has 1 aliphatic heterocycles. The van der Waals surface area contributed by atoms with E-state index in [1.54, 1.807) is 24.3 Å². The van der Waals surface area contributed by atoms with Crippen molar-refractivity contribution in [2.45, 2.75) is 13.3 Å². The molecular formula is C17H27N5O3. The van der Waals surface area contributed by atoms with Gasteiger partial charge in [-0.2, -0.15) is 0 Å². The highest BCUT2D eigenvalue weighted by Crippen LogP contribution is 2.14. The van der Waals surface area contributed by atoms with Crippen molar-refractivity contribution >= 4 is 23.4 Å². The van der Waals surface area contributed by atoms with Crippen molar-refractivity contribution in [3.8, 4) is 0 Å². The molecule has 1 aromatic rings. The average molecular weight is 349 g/mol. The summed E-state index contributed by atoms with van der Waals surface area (Å²) in [5.74, 6) is 0. The van der Waals surface area contributed by atoms with E-state index >= 15 is 0 Å². The molecule has 2 rings (SSSR count). The predicted octanol–water partition coefficient (Wildman–Crippen LogP) is 1.67. The van der Waals surface area contributed by atoms with Crippen LogP contribution in [0.3, 0.4) is 0 Å². The maximum atomic E-state index is 11.9. The SMILES string of the molecule is CCNC(=O)Nc1cccc(NC(=O)NCCCN2CCOCC2)c1. The third-order valence-corrected chi connectivity index (χ3v) is 3.76. The van der Waals surface area contributed by atoms with Crippen LogP contribution in [0.4, 0.5) is 21.0 Å². The Bertz CT molecular complexity index is 561. The van der Waals surface area contributed by atoms with Crippen LogP contribution in [0.25, 0.3) is 0 Å². The molecule has 0 spiro atoms. The van der Waals surface area contributed by atoms with Gasteiger partial charge in [-0.1, -0.05) is 6.07 Å². The second kappa shape index (κ2) is 10.5. The zero-order valence-electron chi connectivity index (χ0n) is 14.6. The molecule has 25 heavy (non-hydrogen) atoms. The topological polar surface area (TPSA) is 94.7 Å². The summed E-state index contributed by atoms with van der Waals surface area (Å²) in [6.07, 6.45) is 0.895. The lowest BCUT2D eigenvalue weighted by Gasteiger charge is -2.26. The van der Waals surface area contributed by atoms with Gasteiger partial charge in [-0.05, 0) is 38.1 Å². The number of benzene rings is 1. The Kier molecular flexibility index (Phi) is 8.00. The maximum Gasteiger partial charge on any atom is 0.319 e. The number of rotatable bonds is 7. The van der Waals surface area contributed by atoms with Crippen molar-refractivity contribution in [1.82, 2.24) is 15.5 Å². The lowest BCUT2D eigenvalue weighted by atomic mass is 10.3. The first kappa shape index (κ1) is 19.0. The second-order valence-electron chi connectivity index (χ2n) is 5.75. The molecule has 1 saturated heterocycles. The molecule has 1 heterocycles. The smallest absolute Gasteiger partial charge is 0.319 e. The molecule has 1 aliphatic rings. The Labute approximate surface area is 148 Å². The Balaban J connectivity index is 1.68. The first-order valence-electron chi connectivity index (χ1n) is 8.67. The summed E-state index contributed by atoms with van der Waals surface area (Å²) in [5, 5.41) is 11.0. The van der Waals surface area contributed by atoms with Crippen LogP contribution in [0.2, 0.25) is 0 Å². The fraction of sp³-hybridized carbons (Fsp3) is 0.529. The number of amides is 4. The van der Waals surface area contributed by atoms with Gasteiger partial charge in [0.05, 0.1) is 13.2 Å². The summed E-state index contributed by atoms with van der Waals surface area (Å²) in [6.45, 7) is 7.45. The summed E-state index contributed by atoms with van der Waals surface area (Å²) in [4.78, 5) is 25.8. The summed E-state index contributed by atoms with van der Waals surface area (Å²) in [7, 11) is 0. The zero-order valence-corrected chi connectivity index (χ0v) is 14.6. The standard InChI is InChI=1S/C17H27N5O3/c1-2-18-16(23)20-14-5-3-6-15(13-14)21-17(24)19-7-4-8-22-9-11-25-12-10-22/h3,5-6,13H,2,4,7-12H2,1H3,(H2,18,20,23)(H2,19,21,24). The minimum atomic E-state index is -0.271. The summed E-state index contributed by atoms with van der Waals surface area (Å²) in [5.41, 5.74) is 1.25. The van der Waals surface area contributed by atoms with Crippen molar-refractivity contribution in [3.63, 3.8) is 0 Å². The van der Waals surface area contributed by atoms with Crippen LogP contribution in [0.5, 0.6) is 0 Å². The fourth-order valence-electron chi connectivity index (χ4n) is 2.52. The van der Waals surface area contributed by atoms with Crippen molar-refractivity contribution in [3.05, 3.63) is 24.3 Å². The largest absolute Gasteiger partial charge is 0.379 e. The van der Waals surface area contributed by atoms with Crippen LogP contribution in [0.1, 0.15) is 13.3 Å². The van der Waals surface area contributed by atoms with Gasteiger partial charge in [0.25, 0.3) is 0 Å². The molecule has 0 aromatic heterocycles. The van der Waals surface area contributed by atoms with Crippen molar-refractivity contribution in [1.29, 1.82) is 0 Å². The van der Waals surface area contributed by atoms with Crippen LogP contribution in [0.15, 0.2) is 24.3 Å². The number of nitrogens with zero attached hydrogens (tertiary/aromatic N) is 1. The molecule has 1 aromatic carbocycles. The van der Waals surface area contributed by atoms with Gasteiger partial charge >= 0.3 is 12.1 Å². The van der Waals surface area contributed by atoms with Crippen molar-refractivity contribution < 1.29 is 14.3 Å². The highest BCUT2D eigenvalue weighted by molar-refractivity contribution is 5.92. The number of hydrogen-bond acceptors (Lipinski definition) is 4. The Morgan fingerprint density at radius 3 is 2.36 bits per heavy atom. The average Bonchev–Trinajstić information content (AvgIpc) is 2.60. The van der Waals surface area contributed by atoms with E-state index in [0.29, 0.717) is 24.5 Å². The quantitative estimate of drug-likeness (QED) is 0.563. The molecule has 8 heteroatoms. The van der Waals surface area contributed by atoms with Crippen LogP contribution >= 0.6 is 0 Å². The van der Waals surface area contributed by atoms with Crippen LogP contribution in [0, 0.1) is 0 Å². The number of hydrogen-bond donors (Lipinski definition) is 4. The molecule has 0 saturated carbocycles. The Hall–Kier alpha value is -2.32. The number of carbonyl (C=O) groups excluding carboxylic acids is 2. The number of nitrogens with one attached hydrogen (secondary N) is 4. The highest BCUT2D eigenvalue weighted by atomic mass is 16.5. The third kappa shape index (κ3) is 7.40. The minimum absolute atomic E-state index is 0.253. The van der Waals surface area contributed by atoms with Gasteiger partial charge in [-0.25, -0.2) is 9.59 Å². The molecule has 0 radical (unpaired) electrons. The van der Waals surface area contributed by atoms with Gasteiger partial charge in [0.15, 0.2) is 0 Å². The van der Waals surface area contributed by atoms with Crippen LogP contribution in [-0.2, 0) is 4.74 Å². The number of ether oxygens (including phenoxy) is 1. The molecule has 0 unspecified atom stereocenters. The third-order valence-electron chi connectivity index (χ3n) is 3.76. The Morgan fingerprint density at radius 1 is 1.08 bits per heavy atom. The Morgan fingerprint density at radius 2 is 1.72 bits per heavy atom. The van der Waals surface area contributed by atoms with Gasteiger partial charge in [-0.15, -0.1) is 0 Å². The van der Waals surface area contributed by atoms with E-state index in [2.05, 4.69) is 26.2 Å². The fourth-order valence-corrected chi connectivity index (χ4v) is 2.52. The van der Waals surface area contributed by atoms with E-state index in [9.17, 15) is 9.59 Å². The molecule has 138 valence electrons. The van der Waals surface area contributed by atoms with Crippen molar-refractivity contribution in [2.24, 2.45) is 0 Å². The maximum absolute atomic E-state index is 11.9. The first-order chi connectivity index (χ1) is 12.2. The second-order valence-corrected chi connectivity index (χ2v) is 5.75. The predicted molar refractivity (Wildman–Crippen MR) is 98.0 cm³/mol. The van der Waals surface area contributed by atoms with Crippen LogP contribution < -0.4 is 21.3 Å². The van der Waals surface area contributed by atoms with Gasteiger partial charge in [-0.3, -0.25) is 4.90 Å². The summed E-state index contributed by atoms with van der Waals surface area (Å²) < 4.78 is 5.31. The summed E-state index contributed by atoms with van der Waals surface area (Å²) in [6, 6.07) is 6.50. The molecule has 1 fully saturated rings. The molecule has 4 N–H and O–H groups in total. The normalized spacial score (nSPS) is 14.6. The molecular weight excluding hydrogens is 322 g/mol. The number of anilines is 2. The highest BCUT2D eigenvalue weighted by Gasteiger charge is 2.09. The van der Waals surface area contributed by atoms with Crippen molar-refractivity contribution in [2.75, 3.05) is 56.6 Å². The van der Waals surface area contributed by atoms with E-state index in [1.165, 1.54) is 0 Å². The van der Waals surface area contributed by atoms with E-state index < -0.39 is 0 Å². The summed E-state index contributed by atoms with van der Waals surface area (Å²) >= 11 is 0. The molecule has 0 atom stereocenters. The van der Waals surface area contributed by atoms with E-state index in [-0.39, 0.29) is 12.1 Å². The lowest BCUT2D eigenvalue weighted by Crippen LogP contribution is -2.38. The number of morpholine rings is 1. The number of carbonyl (C=O) groups is 2. The van der Waals surface area contributed by atoms with E-state index in [0.717, 1.165) is 39.3 Å². The van der Waals surface area contributed by atoms with Gasteiger partial charge in [0.1, 0.15) is 0 Å². The molecule has 4 amide bonds. The molecule has 0 aliphatic carbocycles. The monoisotopic (exact) mass is 349 g/mol. The number of urea groups is 2. The first-order valence-corrected chi connectivity index (χ1v) is 8.67. The van der Waals surface area contributed by atoms with Crippen LogP contribution in [-0.4, -0.2) is 62.9 Å². The van der Waals surface area contributed by atoms with E-state index in [1.807, 2.05) is 6.92 Å². The molecule has 8 nitrogen and oxygen atoms in total. The zero-order chi connectivity index (χ0) is 17.9. The van der Waals surface area contributed by atoms with Gasteiger partial charge in [0, 0.05) is 37.6 Å².